The zero-order valence-electron chi connectivity index (χ0n) is 15.4. The van der Waals surface area contributed by atoms with Crippen LogP contribution >= 0.6 is 34.5 Å². The van der Waals surface area contributed by atoms with E-state index in [-0.39, 0.29) is 27.3 Å². The minimum Gasteiger partial charge on any atom is -0.292 e. The second-order valence-electron chi connectivity index (χ2n) is 6.25. The average Bonchev–Trinajstić information content (AvgIpc) is 3.09. The van der Waals surface area contributed by atoms with E-state index in [0.29, 0.717) is 24.1 Å². The van der Waals surface area contributed by atoms with Crippen LogP contribution in [-0.4, -0.2) is 24.2 Å². The molecule has 0 radical (unpaired) electrons. The molecule has 2 heterocycles. The maximum Gasteiger partial charge on any atom is 0.240 e. The van der Waals surface area contributed by atoms with Crippen LogP contribution in [0.3, 0.4) is 0 Å². The highest BCUT2D eigenvalue weighted by Crippen LogP contribution is 2.22. The molecule has 6 nitrogen and oxygen atoms in total. The smallest absolute Gasteiger partial charge is 0.240 e. The maximum atomic E-state index is 12.4. The predicted octanol–water partition coefficient (Wildman–Crippen LogP) is 4.45. The van der Waals surface area contributed by atoms with Crippen LogP contribution in [0.15, 0.2) is 47.6 Å². The quantitative estimate of drug-likeness (QED) is 0.492. The topological polar surface area (TPSA) is 89.0 Å². The molecule has 0 atom stereocenters. The Labute approximate surface area is 183 Å². The Morgan fingerprint density at radius 3 is 2.41 bits per heavy atom. The summed E-state index contributed by atoms with van der Waals surface area (Å²) in [5.41, 5.74) is 0.968. The minimum absolute atomic E-state index is 0.0203. The van der Waals surface area contributed by atoms with Gasteiger partial charge in [-0.2, -0.15) is 0 Å². The molecule has 0 saturated carbocycles. The van der Waals surface area contributed by atoms with Crippen LogP contribution in [-0.2, 0) is 23.0 Å². The van der Waals surface area contributed by atoms with E-state index >= 15 is 0 Å². The number of ketones is 1. The van der Waals surface area contributed by atoms with Crippen molar-refractivity contribution in [3.05, 3.63) is 73.9 Å². The van der Waals surface area contributed by atoms with Gasteiger partial charge in [0.05, 0.1) is 9.90 Å². The SMILES string of the molecule is Cc1ncc(CCC(=O)c2ccc(CNS(=O)(=O)c3cc(Cl)cc(Cl)c3)cn2)s1. The maximum absolute atomic E-state index is 12.4. The van der Waals surface area contributed by atoms with Gasteiger partial charge in [0.1, 0.15) is 5.69 Å². The lowest BCUT2D eigenvalue weighted by Crippen LogP contribution is -2.23. The largest absolute Gasteiger partial charge is 0.292 e. The van der Waals surface area contributed by atoms with Crippen LogP contribution in [0.1, 0.15) is 32.4 Å². The minimum atomic E-state index is -3.79. The molecule has 3 aromatic rings. The number of thiazole rings is 1. The molecule has 0 saturated heterocycles. The monoisotopic (exact) mass is 469 g/mol. The van der Waals surface area contributed by atoms with E-state index < -0.39 is 10.0 Å². The number of nitrogens with zero attached hydrogens (tertiary/aromatic N) is 2. The third-order valence-electron chi connectivity index (χ3n) is 3.99. The van der Waals surface area contributed by atoms with Crippen LogP contribution in [0.25, 0.3) is 0 Å². The predicted molar refractivity (Wildman–Crippen MR) is 114 cm³/mol. The van der Waals surface area contributed by atoms with Crippen molar-refractivity contribution >= 4 is 50.3 Å². The summed E-state index contributed by atoms with van der Waals surface area (Å²) in [6.07, 6.45) is 4.23. The van der Waals surface area contributed by atoms with Gasteiger partial charge in [-0.25, -0.2) is 18.1 Å². The Hall–Kier alpha value is -1.84. The number of hydrogen-bond acceptors (Lipinski definition) is 6. The van der Waals surface area contributed by atoms with Gasteiger partial charge in [-0.3, -0.25) is 9.78 Å². The Kier molecular flexibility index (Phi) is 7.02. The number of rotatable bonds is 8. The number of hydrogen-bond donors (Lipinski definition) is 1. The summed E-state index contributed by atoms with van der Waals surface area (Å²) in [4.78, 5) is 21.7. The number of aromatic nitrogens is 2. The van der Waals surface area contributed by atoms with Crippen LogP contribution in [0.4, 0.5) is 0 Å². The van der Waals surface area contributed by atoms with Crippen LogP contribution < -0.4 is 4.72 Å². The number of pyridine rings is 1. The molecule has 0 fully saturated rings. The van der Waals surface area contributed by atoms with Gasteiger partial charge in [0.2, 0.25) is 10.0 Å². The zero-order chi connectivity index (χ0) is 21.0. The standard InChI is InChI=1S/C19H17Cl2N3O3S2/c1-12-22-11-16(28-12)3-5-19(25)18-4-2-13(9-23-18)10-24-29(26,27)17-7-14(20)6-15(21)8-17/h2,4,6-9,11,24H,3,5,10H2,1H3. The summed E-state index contributed by atoms with van der Waals surface area (Å²) < 4.78 is 27.3. The number of halogens is 2. The van der Waals surface area contributed by atoms with Crippen LogP contribution in [0.2, 0.25) is 10.0 Å². The van der Waals surface area contributed by atoms with Gasteiger partial charge in [-0.05, 0) is 43.2 Å². The number of carbonyl (C=O) groups excluding carboxylic acids is 1. The molecule has 29 heavy (non-hydrogen) atoms. The molecule has 2 aromatic heterocycles. The lowest BCUT2D eigenvalue weighted by atomic mass is 10.1. The normalized spacial score (nSPS) is 11.6. The molecule has 0 bridgehead atoms. The average molecular weight is 470 g/mol. The molecule has 10 heteroatoms. The molecule has 0 amide bonds. The first-order valence-corrected chi connectivity index (χ1v) is 11.6. The Bertz CT molecular complexity index is 1110. The second-order valence-corrected chi connectivity index (χ2v) is 10.2. The summed E-state index contributed by atoms with van der Waals surface area (Å²) in [6.45, 7) is 1.94. The van der Waals surface area contributed by atoms with E-state index in [1.54, 1.807) is 29.7 Å². The third-order valence-corrected chi connectivity index (χ3v) is 6.78. The summed E-state index contributed by atoms with van der Waals surface area (Å²) >= 11 is 13.3. The lowest BCUT2D eigenvalue weighted by molar-refractivity contribution is 0.0978. The fourth-order valence-corrected chi connectivity index (χ4v) is 5.06. The van der Waals surface area contributed by atoms with Crippen LogP contribution in [0.5, 0.6) is 0 Å². The fourth-order valence-electron chi connectivity index (χ4n) is 2.53. The van der Waals surface area contributed by atoms with Crippen molar-refractivity contribution < 1.29 is 13.2 Å². The number of benzene rings is 1. The molecular weight excluding hydrogens is 453 g/mol. The van der Waals surface area contributed by atoms with Gasteiger partial charge in [0.15, 0.2) is 5.78 Å². The molecule has 3 rings (SSSR count). The first-order valence-electron chi connectivity index (χ1n) is 8.58. The first-order chi connectivity index (χ1) is 13.7. The molecule has 0 aliphatic heterocycles. The lowest BCUT2D eigenvalue weighted by Gasteiger charge is -2.08. The van der Waals surface area contributed by atoms with E-state index in [2.05, 4.69) is 14.7 Å². The number of carbonyl (C=O) groups is 1. The number of nitrogens with one attached hydrogen (secondary N) is 1. The first kappa shape index (κ1) is 21.9. The van der Waals surface area contributed by atoms with Crippen molar-refractivity contribution in [2.45, 2.75) is 31.2 Å². The van der Waals surface area contributed by atoms with Crippen molar-refractivity contribution in [1.29, 1.82) is 0 Å². The fraction of sp³-hybridized carbons (Fsp3) is 0.211. The van der Waals surface area contributed by atoms with Gasteiger partial charge in [-0.15, -0.1) is 11.3 Å². The van der Waals surface area contributed by atoms with Gasteiger partial charge in [-0.1, -0.05) is 29.3 Å². The summed E-state index contributed by atoms with van der Waals surface area (Å²) in [5, 5.41) is 1.43. The number of aryl methyl sites for hydroxylation is 2. The Morgan fingerprint density at radius 2 is 1.83 bits per heavy atom. The summed E-state index contributed by atoms with van der Waals surface area (Å²) in [7, 11) is -3.79. The van der Waals surface area contributed by atoms with Gasteiger partial charge in [0.25, 0.3) is 0 Å². The molecule has 152 valence electrons. The molecule has 1 aromatic carbocycles. The van der Waals surface area contributed by atoms with Crippen molar-refractivity contribution in [2.75, 3.05) is 0 Å². The Balaban J connectivity index is 1.59. The summed E-state index contributed by atoms with van der Waals surface area (Å²) in [5.74, 6) is -0.0725. The highest BCUT2D eigenvalue weighted by molar-refractivity contribution is 7.89. The molecule has 0 aliphatic carbocycles. The highest BCUT2D eigenvalue weighted by Gasteiger charge is 2.16. The van der Waals surface area contributed by atoms with Gasteiger partial charge in [0, 0.05) is 40.3 Å². The highest BCUT2D eigenvalue weighted by atomic mass is 35.5. The third kappa shape index (κ3) is 6.07. The van der Waals surface area contributed by atoms with E-state index in [9.17, 15) is 13.2 Å². The van der Waals surface area contributed by atoms with Crippen molar-refractivity contribution in [3.63, 3.8) is 0 Å². The molecular formula is C19H17Cl2N3O3S2. The van der Waals surface area contributed by atoms with Gasteiger partial charge >= 0.3 is 0 Å². The van der Waals surface area contributed by atoms with E-state index in [4.69, 9.17) is 23.2 Å². The van der Waals surface area contributed by atoms with Crippen molar-refractivity contribution in [3.8, 4) is 0 Å². The van der Waals surface area contributed by atoms with E-state index in [0.717, 1.165) is 9.88 Å². The molecule has 0 spiro atoms. The zero-order valence-corrected chi connectivity index (χ0v) is 18.5. The molecule has 0 aliphatic rings. The van der Waals surface area contributed by atoms with Crippen molar-refractivity contribution in [1.82, 2.24) is 14.7 Å². The summed E-state index contributed by atoms with van der Waals surface area (Å²) in [6, 6.07) is 7.36. The van der Waals surface area contributed by atoms with Crippen molar-refractivity contribution in [2.24, 2.45) is 0 Å². The van der Waals surface area contributed by atoms with E-state index in [1.807, 2.05) is 6.92 Å². The van der Waals surface area contributed by atoms with Gasteiger partial charge < -0.3 is 0 Å². The Morgan fingerprint density at radius 1 is 1.10 bits per heavy atom. The van der Waals surface area contributed by atoms with E-state index in [1.165, 1.54) is 24.4 Å². The number of sulfonamides is 1. The number of Topliss-reactive ketones (excluding diaryl/α,β-unsaturated/α-hetero) is 1. The van der Waals surface area contributed by atoms with Crippen LogP contribution in [0, 0.1) is 6.92 Å². The molecule has 1 N–H and O–H groups in total. The second kappa shape index (κ2) is 9.32. The molecule has 0 unspecified atom stereocenters.